The van der Waals surface area contributed by atoms with Crippen LogP contribution in [0.5, 0.6) is 0 Å². The Bertz CT molecular complexity index is 7170. The predicted molar refractivity (Wildman–Crippen MR) is 423 cm³/mol. The van der Waals surface area contributed by atoms with Gasteiger partial charge in [0, 0.05) is 110 Å². The van der Waals surface area contributed by atoms with Crippen molar-refractivity contribution in [3.8, 4) is 33.6 Å². The third-order valence-corrected chi connectivity index (χ3v) is 20.4. The summed E-state index contributed by atoms with van der Waals surface area (Å²) in [6.07, 6.45) is 0. The highest BCUT2D eigenvalue weighted by Crippen LogP contribution is 2.52. The zero-order valence-electron chi connectivity index (χ0n) is 70.2. The van der Waals surface area contributed by atoms with Crippen molar-refractivity contribution in [1.29, 1.82) is 0 Å². The van der Waals surface area contributed by atoms with E-state index in [0.29, 0.717) is 45.5 Å². The van der Waals surface area contributed by atoms with Crippen molar-refractivity contribution >= 4 is 154 Å². The van der Waals surface area contributed by atoms with Crippen molar-refractivity contribution in [1.82, 2.24) is 17.9 Å². The highest BCUT2D eigenvalue weighted by molar-refractivity contribution is 6.26. The Morgan fingerprint density at radius 2 is 0.590 bits per heavy atom. The van der Waals surface area contributed by atoms with Gasteiger partial charge in [-0.2, -0.15) is 0 Å². The molecule has 6 heteroatoms. The molecule has 0 bridgehead atoms. The smallest absolute Gasteiger partial charge is 0.0645 e. The van der Waals surface area contributed by atoms with E-state index in [9.17, 15) is 11.0 Å². The molecule has 0 atom stereocenters. The summed E-state index contributed by atoms with van der Waals surface area (Å²) in [7, 11) is 0. The van der Waals surface area contributed by atoms with Crippen LogP contribution in [0, 0.1) is 0 Å². The number of nitrogens with zero attached hydrogens (tertiary/aromatic N) is 6. The number of para-hydroxylation sites is 10. The molecule has 6 nitrogen and oxygen atoms in total. The Hall–Kier alpha value is -12.9. The van der Waals surface area contributed by atoms with Crippen molar-refractivity contribution < 1.29 is 21.9 Å². The first-order chi connectivity index (χ1) is 55.9. The molecule has 0 N–H and O–H groups in total. The van der Waals surface area contributed by atoms with Gasteiger partial charge in [-0.15, -0.1) is 0 Å². The molecule has 21 rings (SSSR count). The number of anilines is 6. The van der Waals surface area contributed by atoms with Crippen LogP contribution in [0.25, 0.3) is 153 Å². The van der Waals surface area contributed by atoms with Crippen molar-refractivity contribution in [3.05, 3.63) is 339 Å². The average molecular weight is 1290 g/mol. The van der Waals surface area contributed by atoms with Gasteiger partial charge in [-0.05, 0) is 162 Å². The number of rotatable bonds is 10. The quantitative estimate of drug-likeness (QED) is 0.136. The maximum absolute atomic E-state index is 9.66. The standard InChI is InChI=1S/C94H64N6/c1-94(2,3)61-54-66(95(62-26-24-28-64(56-62)97-84-42-16-6-32-70(84)71-33-7-17-43-85(71)97)82-40-14-4-30-68(82)59-50-78-74-36-10-20-46-88(74)99-89-47-21-11-37-75(89)79(51-59)92(78)99)58-67(55-61)96(63-27-25-29-65(57-63)98-86-44-18-8-34-72(86)73-35-9-19-45-87(73)98)83-41-15-5-31-69(83)60-52-80-76-38-12-22-48-90(76)100-91-49-23-13-39-77(91)81(53-60)93(80)100/h4-58H,1-3H3/i6D,7D,8D,9D,16D,17D,18D,19D,32D,33D,34D,35D,42D,43D,44D,45D. The monoisotopic (exact) mass is 1290 g/mol. The van der Waals surface area contributed by atoms with Crippen LogP contribution >= 0.6 is 0 Å². The van der Waals surface area contributed by atoms with Gasteiger partial charge >= 0.3 is 0 Å². The summed E-state index contributed by atoms with van der Waals surface area (Å²) in [5.41, 5.74) is 14.3. The molecule has 0 unspecified atom stereocenters. The van der Waals surface area contributed by atoms with E-state index in [1.54, 1.807) is 12.1 Å². The third kappa shape index (κ3) is 8.19. The minimum Gasteiger partial charge on any atom is -0.310 e. The zero-order valence-corrected chi connectivity index (χ0v) is 54.2. The molecule has 15 aromatic carbocycles. The number of fused-ring (bicyclic) bond motifs is 18. The zero-order chi connectivity index (χ0) is 80.0. The molecular formula is C94H64N6. The van der Waals surface area contributed by atoms with E-state index in [1.807, 2.05) is 60.7 Å². The van der Waals surface area contributed by atoms with Gasteiger partial charge in [-0.3, -0.25) is 0 Å². The molecule has 100 heavy (non-hydrogen) atoms. The van der Waals surface area contributed by atoms with Crippen LogP contribution in [-0.4, -0.2) is 17.9 Å². The van der Waals surface area contributed by atoms with Gasteiger partial charge in [-0.1, -0.05) is 215 Å². The largest absolute Gasteiger partial charge is 0.310 e. The van der Waals surface area contributed by atoms with Crippen LogP contribution in [0.4, 0.5) is 34.1 Å². The van der Waals surface area contributed by atoms with Crippen LogP contribution in [-0.2, 0) is 5.41 Å². The lowest BCUT2D eigenvalue weighted by molar-refractivity contribution is 0.590. The van der Waals surface area contributed by atoms with Crippen molar-refractivity contribution in [3.63, 3.8) is 0 Å². The third-order valence-electron chi connectivity index (χ3n) is 20.4. The molecule has 21 aromatic rings. The van der Waals surface area contributed by atoms with E-state index in [0.717, 1.165) is 104 Å². The topological polar surface area (TPSA) is 25.2 Å². The van der Waals surface area contributed by atoms with Gasteiger partial charge < -0.3 is 27.7 Å². The molecule has 6 heterocycles. The lowest BCUT2D eigenvalue weighted by Gasteiger charge is -2.34. The lowest BCUT2D eigenvalue weighted by Crippen LogP contribution is -2.18. The maximum Gasteiger partial charge on any atom is 0.0645 e. The molecule has 0 radical (unpaired) electrons. The van der Waals surface area contributed by atoms with Crippen LogP contribution in [0.2, 0.25) is 0 Å². The molecule has 0 saturated heterocycles. The van der Waals surface area contributed by atoms with E-state index in [-0.39, 0.29) is 43.6 Å². The summed E-state index contributed by atoms with van der Waals surface area (Å²) in [5.74, 6) is 0. The van der Waals surface area contributed by atoms with Crippen molar-refractivity contribution in [2.75, 3.05) is 9.80 Å². The maximum atomic E-state index is 9.66. The summed E-state index contributed by atoms with van der Waals surface area (Å²) < 4.78 is 156. The van der Waals surface area contributed by atoms with Gasteiger partial charge in [0.2, 0.25) is 0 Å². The molecule has 0 fully saturated rings. The van der Waals surface area contributed by atoms with Crippen LogP contribution in [0.3, 0.4) is 0 Å². The van der Waals surface area contributed by atoms with Crippen LogP contribution in [0.15, 0.2) is 333 Å². The molecule has 0 aliphatic carbocycles. The molecule has 470 valence electrons. The Balaban J connectivity index is 0.877. The van der Waals surface area contributed by atoms with E-state index >= 15 is 0 Å². The van der Waals surface area contributed by atoms with E-state index < -0.39 is 102 Å². The van der Waals surface area contributed by atoms with Gasteiger partial charge in [0.1, 0.15) is 0 Å². The first kappa shape index (κ1) is 42.6. The van der Waals surface area contributed by atoms with E-state index in [4.69, 9.17) is 11.0 Å². The first-order valence-corrected chi connectivity index (χ1v) is 33.4. The summed E-state index contributed by atoms with van der Waals surface area (Å²) in [4.78, 5) is 4.33. The minimum absolute atomic E-state index is 0.0362. The highest BCUT2D eigenvalue weighted by atomic mass is 15.2. The van der Waals surface area contributed by atoms with E-state index in [2.05, 4.69) is 203 Å². The normalized spacial score (nSPS) is 14.6. The Morgan fingerprint density at radius 3 is 0.940 bits per heavy atom. The van der Waals surface area contributed by atoms with Crippen molar-refractivity contribution in [2.24, 2.45) is 0 Å². The summed E-state index contributed by atoms with van der Waals surface area (Å²) in [6.45, 7) is 6.43. The molecule has 0 spiro atoms. The second kappa shape index (κ2) is 21.3. The van der Waals surface area contributed by atoms with Crippen LogP contribution in [0.1, 0.15) is 48.3 Å². The summed E-state index contributed by atoms with van der Waals surface area (Å²) in [5, 5.41) is 8.25. The number of hydrogen-bond acceptors (Lipinski definition) is 2. The number of benzene rings is 15. The second-order valence-corrected chi connectivity index (χ2v) is 26.9. The lowest BCUT2D eigenvalue weighted by atomic mass is 9.86. The Kier molecular flexibility index (Phi) is 9.08. The fraction of sp³-hybridized carbons (Fsp3) is 0.0426. The number of aromatic nitrogens is 4. The van der Waals surface area contributed by atoms with Crippen LogP contribution < -0.4 is 9.80 Å². The first-order valence-electron chi connectivity index (χ1n) is 41.4. The molecule has 0 amide bonds. The van der Waals surface area contributed by atoms with Gasteiger partial charge in [0.15, 0.2) is 0 Å². The molecule has 0 aliphatic heterocycles. The van der Waals surface area contributed by atoms with E-state index in [1.165, 1.54) is 9.13 Å². The fourth-order valence-electron chi connectivity index (χ4n) is 16.1. The summed E-state index contributed by atoms with van der Waals surface area (Å²) in [6, 6.07) is 72.5. The molecular weight excluding hydrogens is 1210 g/mol. The van der Waals surface area contributed by atoms with Crippen molar-refractivity contribution in [2.45, 2.75) is 26.2 Å². The number of hydrogen-bond donors (Lipinski definition) is 0. The van der Waals surface area contributed by atoms with Gasteiger partial charge in [0.25, 0.3) is 0 Å². The molecule has 6 aromatic heterocycles. The van der Waals surface area contributed by atoms with Gasteiger partial charge in [-0.25, -0.2) is 0 Å². The fourth-order valence-corrected chi connectivity index (χ4v) is 16.1. The SMILES string of the molecule is [2H]c1c([2H])c([2H])c2c(c1[2H])c1c([2H])c([2H])c([2H])c([2H])c1n2-c1cccc(N(c2cc(N(c3cccc(-n4c5c([2H])c([2H])c([2H])c([2H])c5c5c([2H])c([2H])c([2H])c([2H])c54)c3)c3ccccc3-c3cc4c5ccccc5n5c6ccccc6c(c3)c45)cc(C(C)(C)C)c2)c2ccccc2-c2cc3c4ccccc4n4c5ccccc5c(c2)c34)c1. The molecule has 0 saturated carbocycles. The second-order valence-electron chi connectivity index (χ2n) is 26.9. The average Bonchev–Trinajstić information content (AvgIpc) is 1.57. The highest BCUT2D eigenvalue weighted by Gasteiger charge is 2.29. The van der Waals surface area contributed by atoms with Gasteiger partial charge in [0.05, 0.1) is 88.5 Å². The predicted octanol–water partition coefficient (Wildman–Crippen LogP) is 25.8. The molecule has 0 aliphatic rings. The minimum atomic E-state index is -0.636. The summed E-state index contributed by atoms with van der Waals surface area (Å²) >= 11 is 0. The Labute approximate surface area is 599 Å². The Morgan fingerprint density at radius 1 is 0.270 bits per heavy atom.